The number of fused-ring (bicyclic) bond motifs is 1. The molecule has 0 fully saturated rings. The first-order valence-electron chi connectivity index (χ1n) is 3.26. The second-order valence-electron chi connectivity index (χ2n) is 2.41. The zero-order chi connectivity index (χ0) is 7.84. The molecule has 2 aromatic rings. The van der Waals surface area contributed by atoms with Crippen molar-refractivity contribution >= 4 is 5.65 Å². The standard InChI is InChI=1S/C7H7N3O/c1-5-2-9-10-4-6(11)3-8-7(5)10/h2-4,11H,1H3. The Hall–Kier alpha value is -1.58. The van der Waals surface area contributed by atoms with E-state index in [4.69, 9.17) is 5.11 Å². The number of hydrogen-bond donors (Lipinski definition) is 1. The van der Waals surface area contributed by atoms with Crippen molar-refractivity contribution in [2.75, 3.05) is 0 Å². The molecule has 0 radical (unpaired) electrons. The third-order valence-corrected chi connectivity index (χ3v) is 1.52. The zero-order valence-electron chi connectivity index (χ0n) is 6.02. The minimum atomic E-state index is 0.126. The molecule has 0 spiro atoms. The zero-order valence-corrected chi connectivity index (χ0v) is 6.02. The van der Waals surface area contributed by atoms with Gasteiger partial charge in [-0.25, -0.2) is 9.50 Å². The fourth-order valence-corrected chi connectivity index (χ4v) is 0.983. The average Bonchev–Trinajstić information content (AvgIpc) is 2.32. The SMILES string of the molecule is Cc1cnn2cc(O)cnc12. The minimum absolute atomic E-state index is 0.126. The van der Waals surface area contributed by atoms with E-state index < -0.39 is 0 Å². The molecule has 0 saturated heterocycles. The van der Waals surface area contributed by atoms with Gasteiger partial charge in [-0.2, -0.15) is 5.10 Å². The molecule has 4 heteroatoms. The van der Waals surface area contributed by atoms with Crippen molar-refractivity contribution in [2.24, 2.45) is 0 Å². The van der Waals surface area contributed by atoms with Crippen LogP contribution in [0.3, 0.4) is 0 Å². The molecule has 2 heterocycles. The Morgan fingerprint density at radius 2 is 2.27 bits per heavy atom. The molecule has 0 bridgehead atoms. The van der Waals surface area contributed by atoms with Crippen LogP contribution >= 0.6 is 0 Å². The predicted octanol–water partition coefficient (Wildman–Crippen LogP) is 0.743. The van der Waals surface area contributed by atoms with Crippen molar-refractivity contribution in [1.29, 1.82) is 0 Å². The molecule has 56 valence electrons. The fourth-order valence-electron chi connectivity index (χ4n) is 0.983. The molecule has 0 aromatic carbocycles. The van der Waals surface area contributed by atoms with E-state index in [-0.39, 0.29) is 5.75 Å². The lowest BCUT2D eigenvalue weighted by Crippen LogP contribution is -1.88. The predicted molar refractivity (Wildman–Crippen MR) is 39.4 cm³/mol. The van der Waals surface area contributed by atoms with Crippen LogP contribution in [0, 0.1) is 6.92 Å². The summed E-state index contributed by atoms with van der Waals surface area (Å²) in [6, 6.07) is 0. The molecule has 2 rings (SSSR count). The highest BCUT2D eigenvalue weighted by Crippen LogP contribution is 2.09. The highest BCUT2D eigenvalue weighted by atomic mass is 16.3. The van der Waals surface area contributed by atoms with Crippen LogP contribution in [0.15, 0.2) is 18.6 Å². The Bertz CT molecular complexity index is 393. The van der Waals surface area contributed by atoms with Gasteiger partial charge in [0.25, 0.3) is 0 Å². The van der Waals surface area contributed by atoms with Crippen LogP contribution in [-0.4, -0.2) is 19.7 Å². The maximum absolute atomic E-state index is 9.02. The van der Waals surface area contributed by atoms with Crippen molar-refractivity contribution < 1.29 is 5.11 Å². The van der Waals surface area contributed by atoms with Crippen molar-refractivity contribution in [2.45, 2.75) is 6.92 Å². The Labute approximate surface area is 63.1 Å². The van der Waals surface area contributed by atoms with Gasteiger partial charge in [0.1, 0.15) is 0 Å². The number of nitrogens with zero attached hydrogens (tertiary/aromatic N) is 3. The summed E-state index contributed by atoms with van der Waals surface area (Å²) in [6.45, 7) is 1.92. The fraction of sp³-hybridized carbons (Fsp3) is 0.143. The van der Waals surface area contributed by atoms with Gasteiger partial charge in [0.2, 0.25) is 0 Å². The Balaban J connectivity index is 2.86. The molecule has 0 aliphatic carbocycles. The number of hydrogen-bond acceptors (Lipinski definition) is 3. The molecular weight excluding hydrogens is 142 g/mol. The molecule has 11 heavy (non-hydrogen) atoms. The van der Waals surface area contributed by atoms with Crippen molar-refractivity contribution in [3.05, 3.63) is 24.2 Å². The monoisotopic (exact) mass is 149 g/mol. The Kier molecular flexibility index (Phi) is 1.09. The molecular formula is C7H7N3O. The maximum atomic E-state index is 9.02. The summed E-state index contributed by atoms with van der Waals surface area (Å²) >= 11 is 0. The normalized spacial score (nSPS) is 10.6. The molecule has 0 saturated carbocycles. The Morgan fingerprint density at radius 3 is 3.09 bits per heavy atom. The number of aryl methyl sites for hydroxylation is 1. The Morgan fingerprint density at radius 1 is 1.45 bits per heavy atom. The van der Waals surface area contributed by atoms with Crippen LogP contribution in [0.5, 0.6) is 5.75 Å². The van der Waals surface area contributed by atoms with Crippen LogP contribution in [-0.2, 0) is 0 Å². The van der Waals surface area contributed by atoms with Gasteiger partial charge in [0, 0.05) is 5.56 Å². The van der Waals surface area contributed by atoms with E-state index in [0.717, 1.165) is 11.2 Å². The lowest BCUT2D eigenvalue weighted by Gasteiger charge is -1.92. The van der Waals surface area contributed by atoms with E-state index in [1.165, 1.54) is 12.4 Å². The van der Waals surface area contributed by atoms with Gasteiger partial charge < -0.3 is 5.11 Å². The van der Waals surface area contributed by atoms with E-state index in [1.54, 1.807) is 10.7 Å². The quantitative estimate of drug-likeness (QED) is 0.601. The summed E-state index contributed by atoms with van der Waals surface area (Å²) in [4.78, 5) is 3.99. The highest BCUT2D eigenvalue weighted by molar-refractivity contribution is 5.45. The molecule has 0 aliphatic rings. The van der Waals surface area contributed by atoms with E-state index in [1.807, 2.05) is 6.92 Å². The third kappa shape index (κ3) is 0.832. The first kappa shape index (κ1) is 6.15. The molecule has 0 aliphatic heterocycles. The second kappa shape index (κ2) is 1.95. The lowest BCUT2D eigenvalue weighted by molar-refractivity contribution is 0.467. The number of aromatic nitrogens is 3. The molecule has 0 amide bonds. The van der Waals surface area contributed by atoms with Gasteiger partial charge in [-0.05, 0) is 6.92 Å². The summed E-state index contributed by atoms with van der Waals surface area (Å²) < 4.78 is 1.55. The van der Waals surface area contributed by atoms with Crippen LogP contribution in [0.1, 0.15) is 5.56 Å². The maximum Gasteiger partial charge on any atom is 0.158 e. The largest absolute Gasteiger partial charge is 0.505 e. The van der Waals surface area contributed by atoms with Gasteiger partial charge in [-0.1, -0.05) is 0 Å². The minimum Gasteiger partial charge on any atom is -0.505 e. The summed E-state index contributed by atoms with van der Waals surface area (Å²) in [5, 5.41) is 13.0. The molecule has 1 N–H and O–H groups in total. The van der Waals surface area contributed by atoms with Crippen LogP contribution in [0.25, 0.3) is 5.65 Å². The van der Waals surface area contributed by atoms with Gasteiger partial charge in [-0.15, -0.1) is 0 Å². The van der Waals surface area contributed by atoms with Crippen molar-refractivity contribution in [3.8, 4) is 5.75 Å². The molecule has 0 unspecified atom stereocenters. The average molecular weight is 149 g/mol. The highest BCUT2D eigenvalue weighted by Gasteiger charge is 1.99. The number of rotatable bonds is 0. The first-order chi connectivity index (χ1) is 5.27. The molecule has 4 nitrogen and oxygen atoms in total. The molecule has 0 atom stereocenters. The van der Waals surface area contributed by atoms with Crippen LogP contribution in [0.4, 0.5) is 0 Å². The second-order valence-corrected chi connectivity index (χ2v) is 2.41. The van der Waals surface area contributed by atoms with Gasteiger partial charge in [0.05, 0.1) is 18.6 Å². The van der Waals surface area contributed by atoms with Crippen LogP contribution in [0.2, 0.25) is 0 Å². The third-order valence-electron chi connectivity index (χ3n) is 1.52. The summed E-state index contributed by atoms with van der Waals surface area (Å²) in [7, 11) is 0. The van der Waals surface area contributed by atoms with Gasteiger partial charge in [-0.3, -0.25) is 0 Å². The molecule has 2 aromatic heterocycles. The lowest BCUT2D eigenvalue weighted by atomic mass is 10.4. The number of aromatic hydroxyl groups is 1. The van der Waals surface area contributed by atoms with Crippen LogP contribution < -0.4 is 0 Å². The van der Waals surface area contributed by atoms with E-state index in [0.29, 0.717) is 0 Å². The van der Waals surface area contributed by atoms with E-state index >= 15 is 0 Å². The van der Waals surface area contributed by atoms with Gasteiger partial charge in [0.15, 0.2) is 11.4 Å². The van der Waals surface area contributed by atoms with Gasteiger partial charge >= 0.3 is 0 Å². The van der Waals surface area contributed by atoms with E-state index in [2.05, 4.69) is 10.1 Å². The van der Waals surface area contributed by atoms with E-state index in [9.17, 15) is 0 Å². The smallest absolute Gasteiger partial charge is 0.158 e. The topological polar surface area (TPSA) is 50.4 Å². The van der Waals surface area contributed by atoms with Crippen molar-refractivity contribution in [1.82, 2.24) is 14.6 Å². The summed E-state index contributed by atoms with van der Waals surface area (Å²) in [5.41, 5.74) is 1.79. The summed E-state index contributed by atoms with van der Waals surface area (Å²) in [6.07, 6.45) is 4.64. The van der Waals surface area contributed by atoms with Crippen molar-refractivity contribution in [3.63, 3.8) is 0 Å². The summed E-state index contributed by atoms with van der Waals surface area (Å²) in [5.74, 6) is 0.126. The first-order valence-corrected chi connectivity index (χ1v) is 3.26.